The van der Waals surface area contributed by atoms with Crippen LogP contribution in [0.4, 0.5) is 11.4 Å². The van der Waals surface area contributed by atoms with Gasteiger partial charge in [-0.2, -0.15) is 0 Å². The number of sulfonamides is 1. The van der Waals surface area contributed by atoms with Gasteiger partial charge in [-0.3, -0.25) is 9.10 Å². The molecule has 3 rings (SSSR count). The minimum Gasteiger partial charge on any atom is -0.326 e. The normalized spacial score (nSPS) is 15.0. The molecule has 0 saturated carbocycles. The summed E-state index contributed by atoms with van der Waals surface area (Å²) >= 11 is 0. The van der Waals surface area contributed by atoms with Gasteiger partial charge in [0.1, 0.15) is 0 Å². The Kier molecular flexibility index (Phi) is 6.39. The molecule has 1 heterocycles. The molecule has 1 atom stereocenters. The van der Waals surface area contributed by atoms with Gasteiger partial charge >= 0.3 is 0 Å². The second-order valence-corrected chi connectivity index (χ2v) is 9.21. The maximum Gasteiger partial charge on any atom is 0.235 e. The van der Waals surface area contributed by atoms with Crippen molar-refractivity contribution in [1.29, 1.82) is 0 Å². The molecule has 0 aromatic heterocycles. The number of benzene rings is 2. The molecular formula is C22H28N2O3S. The van der Waals surface area contributed by atoms with Gasteiger partial charge in [0.2, 0.25) is 15.9 Å². The van der Waals surface area contributed by atoms with Crippen LogP contribution in [0.2, 0.25) is 0 Å². The van der Waals surface area contributed by atoms with Crippen molar-refractivity contribution in [3.8, 4) is 0 Å². The van der Waals surface area contributed by atoms with E-state index >= 15 is 0 Å². The van der Waals surface area contributed by atoms with Crippen molar-refractivity contribution < 1.29 is 13.2 Å². The van der Waals surface area contributed by atoms with Crippen LogP contribution in [0.3, 0.4) is 0 Å². The molecule has 2 aromatic carbocycles. The molecule has 0 fully saturated rings. The quantitative estimate of drug-likeness (QED) is 0.753. The fourth-order valence-electron chi connectivity index (χ4n) is 3.78. The molecule has 1 N–H and O–H groups in total. The lowest BCUT2D eigenvalue weighted by molar-refractivity contribution is -0.117. The Morgan fingerprint density at radius 1 is 1.14 bits per heavy atom. The molecule has 5 nitrogen and oxygen atoms in total. The highest BCUT2D eigenvalue weighted by Crippen LogP contribution is 2.32. The molecule has 1 amide bonds. The molecule has 0 radical (unpaired) electrons. The molecule has 1 unspecified atom stereocenters. The number of aryl methyl sites for hydroxylation is 1. The van der Waals surface area contributed by atoms with E-state index in [-0.39, 0.29) is 17.6 Å². The zero-order valence-corrected chi connectivity index (χ0v) is 17.3. The number of hydrogen-bond acceptors (Lipinski definition) is 3. The fraction of sp³-hybridized carbons (Fsp3) is 0.409. The molecule has 0 saturated heterocycles. The van der Waals surface area contributed by atoms with Gasteiger partial charge in [0.15, 0.2) is 0 Å². The molecule has 0 spiro atoms. The summed E-state index contributed by atoms with van der Waals surface area (Å²) in [6.07, 6.45) is 2.91. The summed E-state index contributed by atoms with van der Waals surface area (Å²) in [5.74, 6) is -0.0984. The van der Waals surface area contributed by atoms with Gasteiger partial charge in [-0.05, 0) is 55.0 Å². The van der Waals surface area contributed by atoms with E-state index in [0.29, 0.717) is 25.1 Å². The average Bonchev–Trinajstić information content (AvgIpc) is 2.68. The monoisotopic (exact) mass is 400 g/mol. The second kappa shape index (κ2) is 8.78. The first-order chi connectivity index (χ1) is 13.5. The Morgan fingerprint density at radius 2 is 1.89 bits per heavy atom. The summed E-state index contributed by atoms with van der Waals surface area (Å²) in [6, 6.07) is 15.3. The van der Waals surface area contributed by atoms with Crippen molar-refractivity contribution in [3.63, 3.8) is 0 Å². The molecule has 28 heavy (non-hydrogen) atoms. The van der Waals surface area contributed by atoms with Crippen molar-refractivity contribution >= 4 is 27.3 Å². The summed E-state index contributed by atoms with van der Waals surface area (Å²) in [4.78, 5) is 12.8. The molecule has 0 aliphatic carbocycles. The first-order valence-electron chi connectivity index (χ1n) is 9.95. The SMILES string of the molecule is CCCS(=O)(=O)N1CCCc2cc(NC(=O)C(CC)c3ccccc3)ccc21. The minimum atomic E-state index is -3.29. The molecule has 2 aromatic rings. The minimum absolute atomic E-state index is 0.0417. The van der Waals surface area contributed by atoms with Gasteiger partial charge in [0.25, 0.3) is 0 Å². The van der Waals surface area contributed by atoms with Crippen LogP contribution in [0.25, 0.3) is 0 Å². The van der Waals surface area contributed by atoms with Gasteiger partial charge in [-0.1, -0.05) is 44.2 Å². The van der Waals surface area contributed by atoms with Crippen LogP contribution < -0.4 is 9.62 Å². The standard InChI is InChI=1S/C22H28N2O3S/c1-3-15-28(26,27)24-14-8-11-18-16-19(12-13-21(18)24)23-22(25)20(4-2)17-9-6-5-7-10-17/h5-7,9-10,12-13,16,20H,3-4,8,11,14-15H2,1-2H3,(H,23,25). The number of fused-ring (bicyclic) bond motifs is 1. The summed E-state index contributed by atoms with van der Waals surface area (Å²) < 4.78 is 26.6. The number of nitrogens with one attached hydrogen (secondary N) is 1. The highest BCUT2D eigenvalue weighted by Gasteiger charge is 2.27. The van der Waals surface area contributed by atoms with E-state index in [0.717, 1.165) is 29.7 Å². The summed E-state index contributed by atoms with van der Waals surface area (Å²) in [5.41, 5.74) is 3.43. The van der Waals surface area contributed by atoms with Gasteiger partial charge < -0.3 is 5.32 Å². The Labute approximate surface area is 167 Å². The third-order valence-corrected chi connectivity index (χ3v) is 7.12. The van der Waals surface area contributed by atoms with Crippen LogP contribution >= 0.6 is 0 Å². The van der Waals surface area contributed by atoms with Crippen molar-refractivity contribution in [2.45, 2.75) is 45.4 Å². The smallest absolute Gasteiger partial charge is 0.235 e. The Balaban J connectivity index is 1.81. The first-order valence-corrected chi connectivity index (χ1v) is 11.6. The maximum atomic E-state index is 12.8. The van der Waals surface area contributed by atoms with Crippen LogP contribution in [0, 0.1) is 0 Å². The van der Waals surface area contributed by atoms with Gasteiger partial charge in [0, 0.05) is 12.2 Å². The molecule has 1 aliphatic heterocycles. The van der Waals surface area contributed by atoms with Crippen LogP contribution in [0.1, 0.15) is 50.2 Å². The van der Waals surface area contributed by atoms with Crippen molar-refractivity contribution in [2.75, 3.05) is 21.9 Å². The molecule has 1 aliphatic rings. The molecule has 0 bridgehead atoms. The number of anilines is 2. The van der Waals surface area contributed by atoms with Gasteiger partial charge in [-0.25, -0.2) is 8.42 Å². The lowest BCUT2D eigenvalue weighted by Gasteiger charge is -2.31. The van der Waals surface area contributed by atoms with Gasteiger partial charge in [-0.15, -0.1) is 0 Å². The van der Waals surface area contributed by atoms with Crippen LogP contribution in [0.15, 0.2) is 48.5 Å². The summed E-state index contributed by atoms with van der Waals surface area (Å²) in [6.45, 7) is 4.39. The fourth-order valence-corrected chi connectivity index (χ4v) is 5.41. The second-order valence-electron chi connectivity index (χ2n) is 7.20. The largest absolute Gasteiger partial charge is 0.326 e. The number of amides is 1. The van der Waals surface area contributed by atoms with Crippen molar-refractivity contribution in [2.24, 2.45) is 0 Å². The van der Waals surface area contributed by atoms with E-state index < -0.39 is 10.0 Å². The molecule has 6 heteroatoms. The lowest BCUT2D eigenvalue weighted by Crippen LogP contribution is -2.37. The maximum absolute atomic E-state index is 12.8. The predicted octanol–water partition coefficient (Wildman–Crippen LogP) is 4.31. The molecular weight excluding hydrogens is 372 g/mol. The molecule has 150 valence electrons. The first kappa shape index (κ1) is 20.4. The summed E-state index contributed by atoms with van der Waals surface area (Å²) in [7, 11) is -3.29. The van der Waals surface area contributed by atoms with E-state index in [4.69, 9.17) is 0 Å². The van der Waals surface area contributed by atoms with E-state index in [9.17, 15) is 13.2 Å². The zero-order chi connectivity index (χ0) is 20.1. The topological polar surface area (TPSA) is 66.5 Å². The van der Waals surface area contributed by atoms with Crippen LogP contribution in [-0.4, -0.2) is 26.6 Å². The van der Waals surface area contributed by atoms with E-state index in [1.165, 1.54) is 4.31 Å². The number of nitrogens with zero attached hydrogens (tertiary/aromatic N) is 1. The van der Waals surface area contributed by atoms with Gasteiger partial charge in [0.05, 0.1) is 17.4 Å². The Bertz CT molecular complexity index is 926. The third kappa shape index (κ3) is 4.38. The Hall–Kier alpha value is -2.34. The number of hydrogen-bond donors (Lipinski definition) is 1. The van der Waals surface area contributed by atoms with Crippen LogP contribution in [0.5, 0.6) is 0 Å². The lowest BCUT2D eigenvalue weighted by atomic mass is 9.95. The Morgan fingerprint density at radius 3 is 2.57 bits per heavy atom. The number of carbonyl (C=O) groups excluding carboxylic acids is 1. The summed E-state index contributed by atoms with van der Waals surface area (Å²) in [5, 5.41) is 3.01. The predicted molar refractivity (Wildman–Crippen MR) is 114 cm³/mol. The van der Waals surface area contributed by atoms with E-state index in [1.807, 2.05) is 56.3 Å². The zero-order valence-electron chi connectivity index (χ0n) is 16.5. The number of rotatable bonds is 7. The highest BCUT2D eigenvalue weighted by atomic mass is 32.2. The van der Waals surface area contributed by atoms with Crippen molar-refractivity contribution in [3.05, 3.63) is 59.7 Å². The highest BCUT2D eigenvalue weighted by molar-refractivity contribution is 7.92. The van der Waals surface area contributed by atoms with E-state index in [2.05, 4.69) is 5.32 Å². The van der Waals surface area contributed by atoms with Crippen molar-refractivity contribution in [1.82, 2.24) is 0 Å². The van der Waals surface area contributed by atoms with E-state index in [1.54, 1.807) is 6.07 Å². The van der Waals surface area contributed by atoms with Crippen LogP contribution in [-0.2, 0) is 21.2 Å². The average molecular weight is 401 g/mol. The number of carbonyl (C=O) groups is 1. The third-order valence-electron chi connectivity index (χ3n) is 5.15.